The van der Waals surface area contributed by atoms with Crippen LogP contribution in [0.5, 0.6) is 0 Å². The highest BCUT2D eigenvalue weighted by molar-refractivity contribution is 4.95. The maximum atomic E-state index is 10.00. The second kappa shape index (κ2) is 4.51. The Kier molecular flexibility index (Phi) is 3.70. The summed E-state index contributed by atoms with van der Waals surface area (Å²) in [6.07, 6.45) is 1.55. The highest BCUT2D eigenvalue weighted by atomic mass is 16.3. The molecule has 0 aromatic carbocycles. The zero-order valence-electron chi connectivity index (χ0n) is 10.8. The second-order valence-corrected chi connectivity index (χ2v) is 5.03. The molecule has 0 unspecified atom stereocenters. The normalized spacial score (nSPS) is 13.1. The second-order valence-electron chi connectivity index (χ2n) is 5.03. The first-order valence-corrected chi connectivity index (χ1v) is 5.62. The summed E-state index contributed by atoms with van der Waals surface area (Å²) in [5.74, 6) is 0.889. The Bertz CT molecular complexity index is 338. The Morgan fingerprint density at radius 1 is 1.38 bits per heavy atom. The monoisotopic (exact) mass is 226 g/mol. The van der Waals surface area contributed by atoms with Crippen LogP contribution < -0.4 is 5.32 Å². The minimum atomic E-state index is -0.788. The van der Waals surface area contributed by atoms with Gasteiger partial charge in [-0.15, -0.1) is 0 Å². The molecule has 1 rings (SSSR count). The Hall–Kier alpha value is -0.940. The molecule has 0 saturated heterocycles. The summed E-state index contributed by atoms with van der Waals surface area (Å²) in [6, 6.07) is 0. The molecule has 0 bridgehead atoms. The SMILES string of the molecule is CCn1ncnc1CNC(C)(C)C(C)(C)O. The molecule has 1 aromatic rings. The standard InChI is InChI=1S/C11H22N4O/c1-6-15-9(12-8-14-15)7-13-10(2,3)11(4,5)16/h8,13,16H,6-7H2,1-5H3. The van der Waals surface area contributed by atoms with Crippen molar-refractivity contribution in [2.75, 3.05) is 0 Å². The van der Waals surface area contributed by atoms with Gasteiger partial charge in [0.2, 0.25) is 0 Å². The fourth-order valence-electron chi connectivity index (χ4n) is 1.21. The number of hydrogen-bond acceptors (Lipinski definition) is 4. The fraction of sp³-hybridized carbons (Fsp3) is 0.818. The molecule has 5 nitrogen and oxygen atoms in total. The molecule has 0 aliphatic heterocycles. The van der Waals surface area contributed by atoms with Gasteiger partial charge in [0.25, 0.3) is 0 Å². The van der Waals surface area contributed by atoms with Crippen LogP contribution in [-0.4, -0.2) is 31.0 Å². The highest BCUT2D eigenvalue weighted by Crippen LogP contribution is 2.20. The Morgan fingerprint density at radius 2 is 2.00 bits per heavy atom. The van der Waals surface area contributed by atoms with E-state index < -0.39 is 5.60 Å². The molecule has 0 amide bonds. The number of aromatic nitrogens is 3. The first-order valence-electron chi connectivity index (χ1n) is 5.62. The lowest BCUT2D eigenvalue weighted by Gasteiger charge is -2.38. The van der Waals surface area contributed by atoms with Crippen LogP contribution in [0.2, 0.25) is 0 Å². The van der Waals surface area contributed by atoms with E-state index in [9.17, 15) is 5.11 Å². The van der Waals surface area contributed by atoms with E-state index in [0.29, 0.717) is 6.54 Å². The van der Waals surface area contributed by atoms with Crippen LogP contribution in [0.15, 0.2) is 6.33 Å². The van der Waals surface area contributed by atoms with Crippen molar-refractivity contribution in [3.05, 3.63) is 12.2 Å². The minimum Gasteiger partial charge on any atom is -0.389 e. The lowest BCUT2D eigenvalue weighted by Crippen LogP contribution is -2.55. The van der Waals surface area contributed by atoms with E-state index in [4.69, 9.17) is 0 Å². The van der Waals surface area contributed by atoms with Gasteiger partial charge in [-0.2, -0.15) is 5.10 Å². The molecule has 0 aliphatic rings. The largest absolute Gasteiger partial charge is 0.389 e. The van der Waals surface area contributed by atoms with Gasteiger partial charge >= 0.3 is 0 Å². The van der Waals surface area contributed by atoms with E-state index in [1.807, 2.05) is 25.5 Å². The van der Waals surface area contributed by atoms with E-state index >= 15 is 0 Å². The molecule has 1 heterocycles. The van der Waals surface area contributed by atoms with Gasteiger partial charge in [0, 0.05) is 12.1 Å². The van der Waals surface area contributed by atoms with Crippen molar-refractivity contribution in [2.45, 2.75) is 58.8 Å². The third-order valence-corrected chi connectivity index (χ3v) is 3.21. The van der Waals surface area contributed by atoms with Gasteiger partial charge in [0.1, 0.15) is 12.2 Å². The topological polar surface area (TPSA) is 63.0 Å². The molecule has 16 heavy (non-hydrogen) atoms. The van der Waals surface area contributed by atoms with Crippen LogP contribution in [-0.2, 0) is 13.1 Å². The van der Waals surface area contributed by atoms with Gasteiger partial charge in [-0.3, -0.25) is 0 Å². The maximum Gasteiger partial charge on any atom is 0.140 e. The smallest absolute Gasteiger partial charge is 0.140 e. The summed E-state index contributed by atoms with van der Waals surface area (Å²) < 4.78 is 1.84. The third-order valence-electron chi connectivity index (χ3n) is 3.21. The van der Waals surface area contributed by atoms with Crippen LogP contribution in [0.1, 0.15) is 40.4 Å². The van der Waals surface area contributed by atoms with Crippen LogP contribution in [0.4, 0.5) is 0 Å². The quantitative estimate of drug-likeness (QED) is 0.784. The number of hydrogen-bond donors (Lipinski definition) is 2. The average Bonchev–Trinajstić information content (AvgIpc) is 2.60. The van der Waals surface area contributed by atoms with Crippen LogP contribution in [0.25, 0.3) is 0 Å². The number of aliphatic hydroxyl groups is 1. The summed E-state index contributed by atoms with van der Waals surface area (Å²) in [5, 5.41) is 17.4. The van der Waals surface area contributed by atoms with Crippen LogP contribution >= 0.6 is 0 Å². The summed E-state index contributed by atoms with van der Waals surface area (Å²) >= 11 is 0. The van der Waals surface area contributed by atoms with Crippen molar-refractivity contribution >= 4 is 0 Å². The number of aryl methyl sites for hydroxylation is 1. The average molecular weight is 226 g/mol. The summed E-state index contributed by atoms with van der Waals surface area (Å²) in [5.41, 5.74) is -1.17. The molecular weight excluding hydrogens is 204 g/mol. The molecule has 0 aliphatic carbocycles. The lowest BCUT2D eigenvalue weighted by molar-refractivity contribution is -0.00575. The van der Waals surface area contributed by atoms with Gasteiger partial charge < -0.3 is 10.4 Å². The van der Waals surface area contributed by atoms with Gasteiger partial charge in [-0.25, -0.2) is 9.67 Å². The third kappa shape index (κ3) is 2.80. The number of rotatable bonds is 5. The van der Waals surface area contributed by atoms with Crippen molar-refractivity contribution in [3.63, 3.8) is 0 Å². The Morgan fingerprint density at radius 3 is 2.50 bits per heavy atom. The van der Waals surface area contributed by atoms with E-state index in [1.54, 1.807) is 20.2 Å². The number of nitrogens with zero attached hydrogens (tertiary/aromatic N) is 3. The Balaban J connectivity index is 2.65. The van der Waals surface area contributed by atoms with E-state index in [1.165, 1.54) is 0 Å². The zero-order valence-corrected chi connectivity index (χ0v) is 10.8. The van der Waals surface area contributed by atoms with Crippen LogP contribution in [0, 0.1) is 0 Å². The Labute approximate surface area is 96.9 Å². The minimum absolute atomic E-state index is 0.377. The van der Waals surface area contributed by atoms with Crippen molar-refractivity contribution in [2.24, 2.45) is 0 Å². The summed E-state index contributed by atoms with van der Waals surface area (Å²) in [7, 11) is 0. The first kappa shape index (κ1) is 13.1. The predicted molar refractivity (Wildman–Crippen MR) is 62.9 cm³/mol. The van der Waals surface area contributed by atoms with E-state index in [2.05, 4.69) is 15.4 Å². The highest BCUT2D eigenvalue weighted by Gasteiger charge is 2.34. The fourth-order valence-corrected chi connectivity index (χ4v) is 1.21. The first-order chi connectivity index (χ1) is 7.28. The molecule has 0 fully saturated rings. The van der Waals surface area contributed by atoms with Crippen molar-refractivity contribution in [3.8, 4) is 0 Å². The van der Waals surface area contributed by atoms with Gasteiger partial charge in [-0.05, 0) is 34.6 Å². The molecule has 2 N–H and O–H groups in total. The van der Waals surface area contributed by atoms with Gasteiger partial charge in [0.15, 0.2) is 0 Å². The van der Waals surface area contributed by atoms with Crippen molar-refractivity contribution in [1.29, 1.82) is 0 Å². The maximum absolute atomic E-state index is 10.00. The van der Waals surface area contributed by atoms with Crippen molar-refractivity contribution < 1.29 is 5.11 Å². The lowest BCUT2D eigenvalue weighted by atomic mass is 9.86. The molecular formula is C11H22N4O. The molecule has 0 radical (unpaired) electrons. The van der Waals surface area contributed by atoms with E-state index in [0.717, 1.165) is 12.4 Å². The van der Waals surface area contributed by atoms with Gasteiger partial charge in [-0.1, -0.05) is 0 Å². The summed E-state index contributed by atoms with van der Waals surface area (Å²) in [6.45, 7) is 11.0. The summed E-state index contributed by atoms with van der Waals surface area (Å²) in [4.78, 5) is 4.18. The van der Waals surface area contributed by atoms with Gasteiger partial charge in [0.05, 0.1) is 12.1 Å². The molecule has 5 heteroatoms. The van der Waals surface area contributed by atoms with Crippen LogP contribution in [0.3, 0.4) is 0 Å². The van der Waals surface area contributed by atoms with E-state index in [-0.39, 0.29) is 5.54 Å². The van der Waals surface area contributed by atoms with Crippen molar-refractivity contribution in [1.82, 2.24) is 20.1 Å². The molecule has 0 spiro atoms. The predicted octanol–water partition coefficient (Wildman–Crippen LogP) is 0.937. The molecule has 0 saturated carbocycles. The number of nitrogens with one attached hydrogen (secondary N) is 1. The molecule has 0 atom stereocenters. The molecule has 1 aromatic heterocycles. The zero-order chi connectivity index (χ0) is 12.4. The molecule has 92 valence electrons.